The Morgan fingerprint density at radius 2 is 2.27 bits per heavy atom. The van der Waals surface area contributed by atoms with Crippen molar-refractivity contribution in [1.29, 1.82) is 0 Å². The van der Waals surface area contributed by atoms with Crippen molar-refractivity contribution in [2.45, 2.75) is 13.8 Å². The maximum atomic E-state index is 10.6. The largest absolute Gasteiger partial charge is 0.481 e. The topological polar surface area (TPSA) is 50.7 Å². The molecule has 11 heavy (non-hydrogen) atoms. The monoisotopic (exact) mass is 158 g/mol. The summed E-state index contributed by atoms with van der Waals surface area (Å²) < 4.78 is 5.01. The predicted octanol–water partition coefficient (Wildman–Crippen LogP) is 0.187. The Labute approximate surface area is 66.6 Å². The molecule has 0 aromatic heterocycles. The Balaban J connectivity index is 3.63. The smallest absolute Gasteiger partial charge is 0.241 e. The molecule has 0 radical (unpaired) electrons. The van der Waals surface area contributed by atoms with Gasteiger partial charge in [0.1, 0.15) is 6.54 Å². The van der Waals surface area contributed by atoms with Crippen molar-refractivity contribution in [3.8, 4) is 0 Å². The fourth-order valence-corrected chi connectivity index (χ4v) is 0.517. The van der Waals surface area contributed by atoms with Crippen molar-refractivity contribution < 1.29 is 9.53 Å². The standard InChI is InChI=1S/C7H14N2O2/c1-4-11-6(2)9-5-7(10)8-3/h4-5H2,1-3H3,(H,8,10)/b9-6+. The molecule has 64 valence electrons. The van der Waals surface area contributed by atoms with E-state index in [1.54, 1.807) is 14.0 Å². The fraction of sp³-hybridized carbons (Fsp3) is 0.714. The van der Waals surface area contributed by atoms with E-state index in [1.807, 2.05) is 6.92 Å². The third kappa shape index (κ3) is 5.39. The van der Waals surface area contributed by atoms with Crippen molar-refractivity contribution in [3.63, 3.8) is 0 Å². The van der Waals surface area contributed by atoms with Crippen LogP contribution in [0.25, 0.3) is 0 Å². The van der Waals surface area contributed by atoms with E-state index in [-0.39, 0.29) is 12.5 Å². The molecule has 0 bridgehead atoms. The molecule has 0 unspecified atom stereocenters. The minimum Gasteiger partial charge on any atom is -0.481 e. The van der Waals surface area contributed by atoms with Crippen molar-refractivity contribution in [2.24, 2.45) is 4.99 Å². The van der Waals surface area contributed by atoms with Crippen LogP contribution in [0.4, 0.5) is 0 Å². The van der Waals surface area contributed by atoms with E-state index < -0.39 is 0 Å². The first-order valence-electron chi connectivity index (χ1n) is 3.55. The lowest BCUT2D eigenvalue weighted by Crippen LogP contribution is -2.21. The molecule has 0 saturated heterocycles. The molecule has 0 saturated carbocycles. The summed E-state index contributed by atoms with van der Waals surface area (Å²) in [5, 5.41) is 2.46. The molecule has 0 aliphatic heterocycles. The van der Waals surface area contributed by atoms with E-state index in [2.05, 4.69) is 10.3 Å². The molecule has 0 rings (SSSR count). The van der Waals surface area contributed by atoms with Gasteiger partial charge in [-0.25, -0.2) is 4.99 Å². The van der Waals surface area contributed by atoms with Gasteiger partial charge < -0.3 is 10.1 Å². The summed E-state index contributed by atoms with van der Waals surface area (Å²) in [5.74, 6) is 0.445. The number of hydrogen-bond acceptors (Lipinski definition) is 3. The Kier molecular flexibility index (Phi) is 5.15. The molecule has 0 aromatic rings. The second-order valence-electron chi connectivity index (χ2n) is 1.94. The number of hydrogen-bond donors (Lipinski definition) is 1. The van der Waals surface area contributed by atoms with Crippen LogP contribution in [-0.2, 0) is 9.53 Å². The van der Waals surface area contributed by atoms with Gasteiger partial charge >= 0.3 is 0 Å². The minimum atomic E-state index is -0.107. The summed E-state index contributed by atoms with van der Waals surface area (Å²) in [6.45, 7) is 4.33. The van der Waals surface area contributed by atoms with Crippen LogP contribution in [0.2, 0.25) is 0 Å². The summed E-state index contributed by atoms with van der Waals surface area (Å²) in [6.07, 6.45) is 0. The van der Waals surface area contributed by atoms with Gasteiger partial charge in [0.2, 0.25) is 5.91 Å². The van der Waals surface area contributed by atoms with Gasteiger partial charge in [0.25, 0.3) is 0 Å². The van der Waals surface area contributed by atoms with Crippen molar-refractivity contribution in [3.05, 3.63) is 0 Å². The number of ether oxygens (including phenoxy) is 1. The van der Waals surface area contributed by atoms with Gasteiger partial charge in [0, 0.05) is 14.0 Å². The molecule has 0 heterocycles. The van der Waals surface area contributed by atoms with Gasteiger partial charge in [-0.05, 0) is 6.92 Å². The second kappa shape index (κ2) is 5.70. The first-order chi connectivity index (χ1) is 5.20. The van der Waals surface area contributed by atoms with Gasteiger partial charge in [-0.2, -0.15) is 0 Å². The predicted molar refractivity (Wildman–Crippen MR) is 43.7 cm³/mol. The van der Waals surface area contributed by atoms with Crippen molar-refractivity contribution in [2.75, 3.05) is 20.2 Å². The average Bonchev–Trinajstić information content (AvgIpc) is 2.01. The molecular formula is C7H14N2O2. The fourth-order valence-electron chi connectivity index (χ4n) is 0.517. The van der Waals surface area contributed by atoms with Crippen molar-refractivity contribution >= 4 is 11.8 Å². The normalized spacial score (nSPS) is 11.0. The van der Waals surface area contributed by atoms with Crippen LogP contribution in [0.3, 0.4) is 0 Å². The van der Waals surface area contributed by atoms with Crippen LogP contribution >= 0.6 is 0 Å². The molecule has 0 aromatic carbocycles. The summed E-state index contributed by atoms with van der Waals surface area (Å²) in [5.41, 5.74) is 0. The third-order valence-electron chi connectivity index (χ3n) is 1.08. The number of rotatable bonds is 3. The van der Waals surface area contributed by atoms with Crippen LogP contribution < -0.4 is 5.32 Å². The number of aliphatic imine (C=N–C) groups is 1. The lowest BCUT2D eigenvalue weighted by molar-refractivity contribution is -0.119. The van der Waals surface area contributed by atoms with Gasteiger partial charge in [0.15, 0.2) is 5.90 Å². The summed E-state index contributed by atoms with van der Waals surface area (Å²) >= 11 is 0. The van der Waals surface area contributed by atoms with E-state index in [1.165, 1.54) is 0 Å². The molecule has 1 N–H and O–H groups in total. The first kappa shape index (κ1) is 9.94. The number of carbonyl (C=O) groups excluding carboxylic acids is 1. The summed E-state index contributed by atoms with van der Waals surface area (Å²) in [7, 11) is 1.58. The van der Waals surface area contributed by atoms with E-state index >= 15 is 0 Å². The molecule has 1 amide bonds. The Morgan fingerprint density at radius 1 is 1.64 bits per heavy atom. The van der Waals surface area contributed by atoms with Gasteiger partial charge in [-0.1, -0.05) is 0 Å². The molecule has 0 spiro atoms. The van der Waals surface area contributed by atoms with E-state index in [4.69, 9.17) is 4.74 Å². The van der Waals surface area contributed by atoms with E-state index in [9.17, 15) is 4.79 Å². The van der Waals surface area contributed by atoms with Crippen LogP contribution in [0.1, 0.15) is 13.8 Å². The molecule has 0 aliphatic carbocycles. The lowest BCUT2D eigenvalue weighted by Gasteiger charge is -2.00. The molecule has 0 aliphatic rings. The van der Waals surface area contributed by atoms with Gasteiger partial charge in [0.05, 0.1) is 6.61 Å². The van der Waals surface area contributed by atoms with Gasteiger partial charge in [-0.15, -0.1) is 0 Å². The Morgan fingerprint density at radius 3 is 2.73 bits per heavy atom. The zero-order valence-electron chi connectivity index (χ0n) is 7.18. The quantitative estimate of drug-likeness (QED) is 0.470. The Hall–Kier alpha value is -1.06. The highest BCUT2D eigenvalue weighted by Crippen LogP contribution is 1.81. The number of likely N-dealkylation sites (N-methyl/N-ethyl adjacent to an activating group) is 1. The van der Waals surface area contributed by atoms with Crippen molar-refractivity contribution in [1.82, 2.24) is 5.32 Å². The maximum absolute atomic E-state index is 10.6. The molecular weight excluding hydrogens is 144 g/mol. The van der Waals surface area contributed by atoms with Crippen LogP contribution in [0, 0.1) is 0 Å². The summed E-state index contributed by atoms with van der Waals surface area (Å²) in [6, 6.07) is 0. The number of amides is 1. The van der Waals surface area contributed by atoms with Crippen LogP contribution in [0.15, 0.2) is 4.99 Å². The molecule has 4 nitrogen and oxygen atoms in total. The molecule has 0 atom stereocenters. The maximum Gasteiger partial charge on any atom is 0.241 e. The average molecular weight is 158 g/mol. The van der Waals surface area contributed by atoms with Crippen LogP contribution in [-0.4, -0.2) is 32.0 Å². The highest BCUT2D eigenvalue weighted by Gasteiger charge is 1.94. The summed E-state index contributed by atoms with van der Waals surface area (Å²) in [4.78, 5) is 14.5. The first-order valence-corrected chi connectivity index (χ1v) is 3.55. The third-order valence-corrected chi connectivity index (χ3v) is 1.08. The number of carbonyl (C=O) groups is 1. The lowest BCUT2D eigenvalue weighted by atomic mass is 10.6. The van der Waals surface area contributed by atoms with Gasteiger partial charge in [-0.3, -0.25) is 4.79 Å². The second-order valence-corrected chi connectivity index (χ2v) is 1.94. The molecule has 0 fully saturated rings. The number of nitrogens with one attached hydrogen (secondary N) is 1. The molecule has 4 heteroatoms. The Bertz CT molecular complexity index is 155. The number of nitrogens with zero attached hydrogens (tertiary/aromatic N) is 1. The highest BCUT2D eigenvalue weighted by molar-refractivity contribution is 5.81. The minimum absolute atomic E-state index is 0.107. The zero-order valence-corrected chi connectivity index (χ0v) is 7.18. The van der Waals surface area contributed by atoms with Crippen LogP contribution in [0.5, 0.6) is 0 Å². The zero-order chi connectivity index (χ0) is 8.69. The van der Waals surface area contributed by atoms with E-state index in [0.717, 1.165) is 0 Å². The SMILES string of the molecule is CCO/C(C)=N/CC(=O)NC. The van der Waals surface area contributed by atoms with E-state index in [0.29, 0.717) is 12.5 Å². The highest BCUT2D eigenvalue weighted by atomic mass is 16.5.